The van der Waals surface area contributed by atoms with Crippen molar-refractivity contribution in [3.05, 3.63) is 53.6 Å². The summed E-state index contributed by atoms with van der Waals surface area (Å²) in [7, 11) is -2.06. The standard InChI is InChI=1S/C17H21NO3S/c1-12(2)15-7-5-6-8-16(15)18-22(19,20)14-9-10-17(21-4)13(3)11-14/h5-12,18H,1-4H3. The average Bonchev–Trinajstić information content (AvgIpc) is 2.47. The van der Waals surface area contributed by atoms with Crippen molar-refractivity contribution >= 4 is 15.7 Å². The van der Waals surface area contributed by atoms with Gasteiger partial charge in [0.25, 0.3) is 10.0 Å². The van der Waals surface area contributed by atoms with Gasteiger partial charge in [0.1, 0.15) is 5.75 Å². The Morgan fingerprint density at radius 1 is 1.09 bits per heavy atom. The lowest BCUT2D eigenvalue weighted by Crippen LogP contribution is -2.14. The molecule has 0 radical (unpaired) electrons. The van der Waals surface area contributed by atoms with Crippen molar-refractivity contribution in [2.45, 2.75) is 31.6 Å². The van der Waals surface area contributed by atoms with E-state index in [1.54, 1.807) is 31.4 Å². The van der Waals surface area contributed by atoms with Crippen LogP contribution < -0.4 is 9.46 Å². The van der Waals surface area contributed by atoms with E-state index >= 15 is 0 Å². The lowest BCUT2D eigenvalue weighted by atomic mass is 10.0. The SMILES string of the molecule is COc1ccc(S(=O)(=O)Nc2ccccc2C(C)C)cc1C. The Kier molecular flexibility index (Phi) is 4.76. The topological polar surface area (TPSA) is 55.4 Å². The van der Waals surface area contributed by atoms with Gasteiger partial charge in [-0.2, -0.15) is 0 Å². The normalized spacial score (nSPS) is 11.5. The van der Waals surface area contributed by atoms with Crippen molar-refractivity contribution in [2.75, 3.05) is 11.8 Å². The van der Waals surface area contributed by atoms with E-state index in [0.717, 1.165) is 11.1 Å². The summed E-state index contributed by atoms with van der Waals surface area (Å²) in [4.78, 5) is 0.226. The van der Waals surface area contributed by atoms with E-state index in [1.165, 1.54) is 0 Å². The fraction of sp³-hybridized carbons (Fsp3) is 0.294. The molecule has 4 nitrogen and oxygen atoms in total. The Morgan fingerprint density at radius 3 is 2.36 bits per heavy atom. The van der Waals surface area contributed by atoms with E-state index in [4.69, 9.17) is 4.74 Å². The first kappa shape index (κ1) is 16.4. The molecule has 118 valence electrons. The van der Waals surface area contributed by atoms with Crippen molar-refractivity contribution in [1.82, 2.24) is 0 Å². The van der Waals surface area contributed by atoms with Gasteiger partial charge >= 0.3 is 0 Å². The van der Waals surface area contributed by atoms with Crippen LogP contribution in [0.2, 0.25) is 0 Å². The van der Waals surface area contributed by atoms with Gasteiger partial charge in [0.15, 0.2) is 0 Å². The van der Waals surface area contributed by atoms with E-state index in [2.05, 4.69) is 4.72 Å². The van der Waals surface area contributed by atoms with E-state index in [1.807, 2.05) is 39.0 Å². The maximum atomic E-state index is 12.6. The highest BCUT2D eigenvalue weighted by molar-refractivity contribution is 7.92. The van der Waals surface area contributed by atoms with Crippen molar-refractivity contribution in [1.29, 1.82) is 0 Å². The van der Waals surface area contributed by atoms with Gasteiger partial charge in [-0.3, -0.25) is 4.72 Å². The van der Waals surface area contributed by atoms with E-state index in [-0.39, 0.29) is 10.8 Å². The van der Waals surface area contributed by atoms with Crippen LogP contribution in [0.15, 0.2) is 47.4 Å². The summed E-state index contributed by atoms with van der Waals surface area (Å²) in [5, 5.41) is 0. The highest BCUT2D eigenvalue weighted by Crippen LogP contribution is 2.27. The van der Waals surface area contributed by atoms with E-state index < -0.39 is 10.0 Å². The maximum Gasteiger partial charge on any atom is 0.261 e. The number of hydrogen-bond donors (Lipinski definition) is 1. The molecular weight excluding hydrogens is 298 g/mol. The van der Waals surface area contributed by atoms with Crippen LogP contribution in [-0.4, -0.2) is 15.5 Å². The number of methoxy groups -OCH3 is 1. The fourth-order valence-corrected chi connectivity index (χ4v) is 3.49. The Bertz CT molecular complexity index is 767. The minimum atomic E-state index is -3.62. The number of aryl methyl sites for hydroxylation is 1. The van der Waals surface area contributed by atoms with Gasteiger partial charge in [0, 0.05) is 0 Å². The summed E-state index contributed by atoms with van der Waals surface area (Å²) >= 11 is 0. The molecule has 0 unspecified atom stereocenters. The third-order valence-corrected chi connectivity index (χ3v) is 4.87. The van der Waals surface area contributed by atoms with Crippen molar-refractivity contribution in [2.24, 2.45) is 0 Å². The summed E-state index contributed by atoms with van der Waals surface area (Å²) in [6.07, 6.45) is 0. The lowest BCUT2D eigenvalue weighted by Gasteiger charge is -2.15. The molecule has 0 atom stereocenters. The van der Waals surface area contributed by atoms with Gasteiger partial charge in [-0.15, -0.1) is 0 Å². The molecule has 0 aliphatic carbocycles. The summed E-state index contributed by atoms with van der Waals surface area (Å²) in [6.45, 7) is 5.88. The number of nitrogens with one attached hydrogen (secondary N) is 1. The third-order valence-electron chi connectivity index (χ3n) is 3.50. The first-order chi connectivity index (χ1) is 10.3. The molecule has 2 aromatic carbocycles. The molecular formula is C17H21NO3S. The first-order valence-corrected chi connectivity index (χ1v) is 8.60. The largest absolute Gasteiger partial charge is 0.496 e. The van der Waals surface area contributed by atoms with Crippen molar-refractivity contribution < 1.29 is 13.2 Å². The molecule has 5 heteroatoms. The second-order valence-corrected chi connectivity index (χ2v) is 7.16. The molecule has 0 saturated heterocycles. The minimum Gasteiger partial charge on any atom is -0.496 e. The molecule has 0 aliphatic heterocycles. The number of hydrogen-bond acceptors (Lipinski definition) is 3. The summed E-state index contributed by atoms with van der Waals surface area (Å²) in [6, 6.07) is 12.3. The molecule has 0 saturated carbocycles. The average molecular weight is 319 g/mol. The minimum absolute atomic E-state index is 0.226. The zero-order chi connectivity index (χ0) is 16.3. The zero-order valence-corrected chi connectivity index (χ0v) is 14.1. The van der Waals surface area contributed by atoms with Gasteiger partial charge in [0.05, 0.1) is 17.7 Å². The van der Waals surface area contributed by atoms with Gasteiger partial charge in [0.2, 0.25) is 0 Å². The molecule has 0 aromatic heterocycles. The molecule has 0 heterocycles. The number of anilines is 1. The molecule has 0 spiro atoms. The van der Waals surface area contributed by atoms with Gasteiger partial charge < -0.3 is 4.74 Å². The highest BCUT2D eigenvalue weighted by atomic mass is 32.2. The monoisotopic (exact) mass is 319 g/mol. The Labute approximate surface area is 132 Å². The van der Waals surface area contributed by atoms with Crippen LogP contribution >= 0.6 is 0 Å². The second-order valence-electron chi connectivity index (χ2n) is 5.48. The van der Waals surface area contributed by atoms with Crippen LogP contribution in [0.3, 0.4) is 0 Å². The molecule has 2 aromatic rings. The number of para-hydroxylation sites is 1. The fourth-order valence-electron chi connectivity index (χ4n) is 2.32. The predicted molar refractivity (Wildman–Crippen MR) is 89.1 cm³/mol. The van der Waals surface area contributed by atoms with Crippen LogP contribution in [0.4, 0.5) is 5.69 Å². The van der Waals surface area contributed by atoms with Gasteiger partial charge in [-0.25, -0.2) is 8.42 Å². The molecule has 0 aliphatic rings. The van der Waals surface area contributed by atoms with Gasteiger partial charge in [-0.1, -0.05) is 32.0 Å². The molecule has 0 bridgehead atoms. The first-order valence-electron chi connectivity index (χ1n) is 7.11. The lowest BCUT2D eigenvalue weighted by molar-refractivity contribution is 0.411. The Hall–Kier alpha value is -2.01. The third kappa shape index (κ3) is 3.42. The number of rotatable bonds is 5. The van der Waals surface area contributed by atoms with Crippen LogP contribution in [0.25, 0.3) is 0 Å². The molecule has 22 heavy (non-hydrogen) atoms. The highest BCUT2D eigenvalue weighted by Gasteiger charge is 2.17. The number of sulfonamides is 1. The van der Waals surface area contributed by atoms with Crippen LogP contribution in [0.5, 0.6) is 5.75 Å². The molecule has 0 fully saturated rings. The number of ether oxygens (including phenoxy) is 1. The van der Waals surface area contributed by atoms with E-state index in [9.17, 15) is 8.42 Å². The zero-order valence-electron chi connectivity index (χ0n) is 13.3. The number of benzene rings is 2. The smallest absolute Gasteiger partial charge is 0.261 e. The van der Waals surface area contributed by atoms with E-state index in [0.29, 0.717) is 11.4 Å². The summed E-state index contributed by atoms with van der Waals surface area (Å²) in [5.74, 6) is 0.901. The summed E-state index contributed by atoms with van der Waals surface area (Å²) in [5.41, 5.74) is 2.37. The van der Waals surface area contributed by atoms with Crippen molar-refractivity contribution in [3.8, 4) is 5.75 Å². The Balaban J connectivity index is 2.38. The van der Waals surface area contributed by atoms with Crippen LogP contribution in [-0.2, 0) is 10.0 Å². The molecule has 1 N–H and O–H groups in total. The Morgan fingerprint density at radius 2 is 1.77 bits per heavy atom. The predicted octanol–water partition coefficient (Wildman–Crippen LogP) is 3.93. The van der Waals surface area contributed by atoms with Crippen LogP contribution in [0.1, 0.15) is 30.9 Å². The van der Waals surface area contributed by atoms with Crippen LogP contribution in [0, 0.1) is 6.92 Å². The van der Waals surface area contributed by atoms with Crippen molar-refractivity contribution in [3.63, 3.8) is 0 Å². The second kappa shape index (κ2) is 6.40. The molecule has 2 rings (SSSR count). The quantitative estimate of drug-likeness (QED) is 0.908. The van der Waals surface area contributed by atoms with Gasteiger partial charge in [-0.05, 0) is 48.2 Å². The molecule has 0 amide bonds. The maximum absolute atomic E-state index is 12.6. The summed E-state index contributed by atoms with van der Waals surface area (Å²) < 4.78 is 33.0.